The Morgan fingerprint density at radius 1 is 1.12 bits per heavy atom. The van der Waals surface area contributed by atoms with Crippen molar-refractivity contribution in [1.29, 1.82) is 0 Å². The third kappa shape index (κ3) is 3.20. The van der Waals surface area contributed by atoms with Crippen molar-refractivity contribution in [1.82, 2.24) is 0 Å². The van der Waals surface area contributed by atoms with Crippen molar-refractivity contribution in [3.05, 3.63) is 12.8 Å². The maximum atomic E-state index is 11.5. The number of rotatable bonds is 5. The minimum atomic E-state index is -0.550. The molecule has 6 nitrogen and oxygen atoms in total. The van der Waals surface area contributed by atoms with Gasteiger partial charge >= 0.3 is 11.9 Å². The van der Waals surface area contributed by atoms with E-state index < -0.39 is 23.8 Å². The summed E-state index contributed by atoms with van der Waals surface area (Å²) in [4.78, 5) is 32.6. The highest BCUT2D eigenvalue weighted by molar-refractivity contribution is 5.82. The van der Waals surface area contributed by atoms with Crippen LogP contribution in [0, 0.1) is 11.8 Å². The van der Waals surface area contributed by atoms with Crippen molar-refractivity contribution in [2.45, 2.75) is 18.9 Å². The number of hydrogen-bond acceptors (Lipinski definition) is 6. The first-order valence-corrected chi connectivity index (χ1v) is 5.22. The van der Waals surface area contributed by atoms with Crippen molar-refractivity contribution in [3.63, 3.8) is 0 Å². The summed E-state index contributed by atoms with van der Waals surface area (Å²) in [5.74, 6) is -1.98. The van der Waals surface area contributed by atoms with Gasteiger partial charge in [0.15, 0.2) is 0 Å². The van der Waals surface area contributed by atoms with E-state index in [2.05, 4.69) is 20.9 Å². The van der Waals surface area contributed by atoms with E-state index in [1.54, 1.807) is 0 Å². The lowest BCUT2D eigenvalue weighted by Gasteiger charge is -2.13. The smallest absolute Gasteiger partial charge is 0.309 e. The quantitative estimate of drug-likeness (QED) is 0.308. The fourth-order valence-corrected chi connectivity index (χ4v) is 2.01. The summed E-state index contributed by atoms with van der Waals surface area (Å²) in [6.07, 6.45) is 1.51. The van der Waals surface area contributed by atoms with Crippen LogP contribution in [0.2, 0.25) is 0 Å². The lowest BCUT2D eigenvalue weighted by molar-refractivity contribution is -0.281. The van der Waals surface area contributed by atoms with Gasteiger partial charge in [0.05, 0.1) is 26.1 Å². The SMILES string of the molecule is C=COOC1C[C@H](C(=O)OC)[C@@H](C(=O)OC)C1. The van der Waals surface area contributed by atoms with Gasteiger partial charge in [-0.1, -0.05) is 6.58 Å². The van der Waals surface area contributed by atoms with Crippen LogP contribution in [0.3, 0.4) is 0 Å². The van der Waals surface area contributed by atoms with Gasteiger partial charge in [-0.05, 0) is 12.8 Å². The zero-order valence-corrected chi connectivity index (χ0v) is 9.88. The number of hydrogen-bond donors (Lipinski definition) is 0. The monoisotopic (exact) mass is 244 g/mol. The van der Waals surface area contributed by atoms with Crippen LogP contribution in [0.15, 0.2) is 12.8 Å². The van der Waals surface area contributed by atoms with E-state index in [4.69, 9.17) is 4.89 Å². The second-order valence-electron chi connectivity index (χ2n) is 3.71. The summed E-state index contributed by atoms with van der Waals surface area (Å²) < 4.78 is 9.30. The van der Waals surface area contributed by atoms with Gasteiger partial charge in [0.1, 0.15) is 12.4 Å². The Kier molecular flexibility index (Phi) is 4.96. The topological polar surface area (TPSA) is 71.1 Å². The van der Waals surface area contributed by atoms with Crippen molar-refractivity contribution in [3.8, 4) is 0 Å². The van der Waals surface area contributed by atoms with E-state index in [9.17, 15) is 9.59 Å². The van der Waals surface area contributed by atoms with Gasteiger partial charge in [-0.25, -0.2) is 0 Å². The number of carbonyl (C=O) groups is 2. The van der Waals surface area contributed by atoms with Crippen LogP contribution >= 0.6 is 0 Å². The molecular formula is C11H16O6. The molecule has 0 aromatic rings. The van der Waals surface area contributed by atoms with E-state index in [1.807, 2.05) is 0 Å². The normalized spacial score (nSPS) is 24.1. The molecule has 1 saturated carbocycles. The molecule has 0 heterocycles. The van der Waals surface area contributed by atoms with Crippen LogP contribution in [-0.2, 0) is 28.8 Å². The zero-order chi connectivity index (χ0) is 12.8. The third-order valence-electron chi connectivity index (χ3n) is 2.79. The van der Waals surface area contributed by atoms with Gasteiger partial charge in [0.2, 0.25) is 0 Å². The van der Waals surface area contributed by atoms with Gasteiger partial charge in [0, 0.05) is 0 Å². The van der Waals surface area contributed by atoms with Gasteiger partial charge in [-0.3, -0.25) is 9.59 Å². The Morgan fingerprint density at radius 2 is 1.59 bits per heavy atom. The lowest BCUT2D eigenvalue weighted by Crippen LogP contribution is -2.27. The summed E-state index contributed by atoms with van der Waals surface area (Å²) in [6.45, 7) is 3.33. The maximum absolute atomic E-state index is 11.5. The Hall–Kier alpha value is -1.56. The molecule has 0 N–H and O–H groups in total. The molecule has 1 fully saturated rings. The largest absolute Gasteiger partial charge is 0.469 e. The molecule has 0 radical (unpaired) electrons. The number of esters is 2. The van der Waals surface area contributed by atoms with Crippen molar-refractivity contribution < 1.29 is 28.8 Å². The van der Waals surface area contributed by atoms with Crippen molar-refractivity contribution >= 4 is 11.9 Å². The van der Waals surface area contributed by atoms with Crippen LogP contribution in [0.5, 0.6) is 0 Å². The predicted molar refractivity (Wildman–Crippen MR) is 56.4 cm³/mol. The zero-order valence-electron chi connectivity index (χ0n) is 9.88. The standard InChI is InChI=1S/C11H16O6/c1-4-16-17-7-5-8(10(12)14-2)9(6-7)11(13)15-3/h4,7-9H,1,5-6H2,2-3H3/t8-,9-/m0/s1. The minimum Gasteiger partial charge on any atom is -0.469 e. The molecule has 0 bridgehead atoms. The lowest BCUT2D eigenvalue weighted by atomic mass is 9.96. The first-order chi connectivity index (χ1) is 8.13. The van der Waals surface area contributed by atoms with E-state index in [1.165, 1.54) is 14.2 Å². The average Bonchev–Trinajstić information content (AvgIpc) is 2.78. The van der Waals surface area contributed by atoms with Crippen molar-refractivity contribution in [2.75, 3.05) is 14.2 Å². The molecule has 2 atom stereocenters. The van der Waals surface area contributed by atoms with Crippen LogP contribution in [0.4, 0.5) is 0 Å². The molecule has 1 aliphatic rings. The highest BCUT2D eigenvalue weighted by Gasteiger charge is 2.45. The number of ether oxygens (including phenoxy) is 2. The highest BCUT2D eigenvalue weighted by atomic mass is 17.2. The number of carbonyl (C=O) groups excluding carboxylic acids is 2. The minimum absolute atomic E-state index is 0.346. The molecule has 0 unspecified atom stereocenters. The van der Waals surface area contributed by atoms with E-state index in [-0.39, 0.29) is 6.10 Å². The molecule has 0 spiro atoms. The molecule has 1 rings (SSSR count). The average molecular weight is 244 g/mol. The molecule has 0 aromatic heterocycles. The predicted octanol–water partition coefficient (Wildman–Crippen LogP) is 0.819. The first kappa shape index (κ1) is 13.5. The molecule has 0 amide bonds. The Bertz CT molecular complexity index is 276. The van der Waals surface area contributed by atoms with E-state index in [0.29, 0.717) is 12.8 Å². The summed E-state index contributed by atoms with van der Waals surface area (Å²) in [5, 5.41) is 0. The van der Waals surface area contributed by atoms with Gasteiger partial charge < -0.3 is 14.4 Å². The third-order valence-corrected chi connectivity index (χ3v) is 2.79. The molecule has 0 aliphatic heterocycles. The summed E-state index contributed by atoms with van der Waals surface area (Å²) in [6, 6.07) is 0. The van der Waals surface area contributed by atoms with Crippen LogP contribution in [0.1, 0.15) is 12.8 Å². The van der Waals surface area contributed by atoms with Gasteiger partial charge in [0.25, 0.3) is 0 Å². The van der Waals surface area contributed by atoms with Gasteiger partial charge in [-0.2, -0.15) is 4.89 Å². The maximum Gasteiger partial charge on any atom is 0.309 e. The van der Waals surface area contributed by atoms with Crippen LogP contribution in [-0.4, -0.2) is 32.3 Å². The molecule has 17 heavy (non-hydrogen) atoms. The first-order valence-electron chi connectivity index (χ1n) is 5.22. The molecule has 6 heteroatoms. The Balaban J connectivity index is 2.68. The van der Waals surface area contributed by atoms with Crippen molar-refractivity contribution in [2.24, 2.45) is 11.8 Å². The Labute approximate surface area is 99.4 Å². The summed E-state index contributed by atoms with van der Waals surface area (Å²) >= 11 is 0. The Morgan fingerprint density at radius 3 is 1.94 bits per heavy atom. The second-order valence-corrected chi connectivity index (χ2v) is 3.71. The molecule has 0 saturated heterocycles. The van der Waals surface area contributed by atoms with Crippen LogP contribution in [0.25, 0.3) is 0 Å². The second kappa shape index (κ2) is 6.24. The molecule has 96 valence electrons. The van der Waals surface area contributed by atoms with E-state index >= 15 is 0 Å². The number of methoxy groups -OCH3 is 2. The van der Waals surface area contributed by atoms with E-state index in [0.717, 1.165) is 6.26 Å². The summed E-state index contributed by atoms with van der Waals surface area (Å²) in [5.41, 5.74) is 0. The molecule has 0 aromatic carbocycles. The summed E-state index contributed by atoms with van der Waals surface area (Å²) in [7, 11) is 2.57. The molecule has 1 aliphatic carbocycles. The van der Waals surface area contributed by atoms with Gasteiger partial charge in [-0.15, -0.1) is 0 Å². The molecular weight excluding hydrogens is 228 g/mol. The fraction of sp³-hybridized carbons (Fsp3) is 0.636. The fourth-order valence-electron chi connectivity index (χ4n) is 2.01. The van der Waals surface area contributed by atoms with Crippen LogP contribution < -0.4 is 0 Å². The highest BCUT2D eigenvalue weighted by Crippen LogP contribution is 2.35.